The molecule has 0 saturated heterocycles. The van der Waals surface area contributed by atoms with Gasteiger partial charge in [-0.1, -0.05) is 0 Å². The highest BCUT2D eigenvalue weighted by Gasteiger charge is 2.29. The van der Waals surface area contributed by atoms with E-state index in [9.17, 15) is 9.90 Å². The maximum Gasteiger partial charge on any atom is 0.342 e. The van der Waals surface area contributed by atoms with E-state index in [1.54, 1.807) is 12.3 Å². The van der Waals surface area contributed by atoms with Gasteiger partial charge in [-0.2, -0.15) is 0 Å². The van der Waals surface area contributed by atoms with Gasteiger partial charge in [0.15, 0.2) is 0 Å². The highest BCUT2D eigenvalue weighted by atomic mass is 127. The van der Waals surface area contributed by atoms with Crippen molar-refractivity contribution in [3.05, 3.63) is 43.3 Å². The smallest absolute Gasteiger partial charge is 0.342 e. The first-order valence-electron chi connectivity index (χ1n) is 8.73. The number of rotatable bonds is 3. The van der Waals surface area contributed by atoms with Crippen LogP contribution in [-0.4, -0.2) is 41.4 Å². The predicted molar refractivity (Wildman–Crippen MR) is 118 cm³/mol. The fourth-order valence-corrected chi connectivity index (χ4v) is 4.68. The monoisotopic (exact) mass is 498 g/mol. The molecule has 2 aromatic rings. The molecule has 0 radical (unpaired) electrons. The molecule has 0 atom stereocenters. The summed E-state index contributed by atoms with van der Waals surface area (Å²) in [6.45, 7) is 7.30. The zero-order chi connectivity index (χ0) is 19.8. The number of halogens is 1. The van der Waals surface area contributed by atoms with Gasteiger partial charge in [-0.05, 0) is 80.6 Å². The lowest BCUT2D eigenvalue weighted by Crippen LogP contribution is -2.28. The number of carbonyl (C=O) groups excluding carboxylic acids is 1. The second-order valence-electron chi connectivity index (χ2n) is 7.63. The van der Waals surface area contributed by atoms with Crippen molar-refractivity contribution < 1.29 is 14.6 Å². The topological polar surface area (TPSA) is 62.1 Å². The number of likely N-dealkylation sites (N-methyl/N-ethyl adjacent to an activating group) is 1. The number of fused-ring (bicyclic) bond motifs is 1. The number of hydrogen-bond donors (Lipinski definition) is 1. The molecule has 5 nitrogen and oxygen atoms in total. The number of benzene rings is 1. The molecule has 144 valence electrons. The molecule has 2 heterocycles. The molecule has 3 rings (SSSR count). The highest BCUT2D eigenvalue weighted by Crippen LogP contribution is 2.39. The molecule has 1 N–H and O–H groups in total. The quantitative estimate of drug-likeness (QED) is 0.377. The molecule has 27 heavy (non-hydrogen) atoms. The van der Waals surface area contributed by atoms with Crippen LogP contribution in [0, 0.1) is 3.57 Å². The Kier molecular flexibility index (Phi) is 5.93. The average molecular weight is 498 g/mol. The van der Waals surface area contributed by atoms with Crippen molar-refractivity contribution in [2.24, 2.45) is 4.99 Å². The van der Waals surface area contributed by atoms with E-state index in [1.807, 2.05) is 32.9 Å². The Balaban J connectivity index is 2.02. The van der Waals surface area contributed by atoms with E-state index in [2.05, 4.69) is 39.5 Å². The first kappa shape index (κ1) is 20.3. The molecule has 0 bridgehead atoms. The van der Waals surface area contributed by atoms with Crippen LogP contribution in [-0.2, 0) is 17.7 Å². The summed E-state index contributed by atoms with van der Waals surface area (Å²) in [5, 5.41) is 10.7. The summed E-state index contributed by atoms with van der Waals surface area (Å²) in [5.41, 5.74) is 1.68. The Bertz CT molecular complexity index is 899. The minimum Gasteiger partial charge on any atom is -0.507 e. The number of aromatic hydroxyl groups is 1. The van der Waals surface area contributed by atoms with Gasteiger partial charge in [0.05, 0.1) is 5.56 Å². The number of hydrogen-bond acceptors (Lipinski definition) is 6. The molecule has 0 unspecified atom stereocenters. The standard InChI is InChI=1S/C20H23IN2O3S/c1-20(2,3)26-19(25)17-14-7-8-23(4)11-16(14)27-18(17)22-10-12-9-13(21)5-6-15(12)24/h5-6,9-10,24H,7-8,11H2,1-4H3. The van der Waals surface area contributed by atoms with E-state index >= 15 is 0 Å². The van der Waals surface area contributed by atoms with Crippen LogP contribution in [0.25, 0.3) is 0 Å². The number of esters is 1. The van der Waals surface area contributed by atoms with E-state index in [1.165, 1.54) is 11.3 Å². The van der Waals surface area contributed by atoms with Crippen molar-refractivity contribution in [1.29, 1.82) is 0 Å². The van der Waals surface area contributed by atoms with E-state index in [0.717, 1.165) is 33.5 Å². The Morgan fingerprint density at radius 1 is 1.41 bits per heavy atom. The molecule has 1 aliphatic heterocycles. The molecule has 0 fully saturated rings. The molecular formula is C20H23IN2O3S. The lowest BCUT2D eigenvalue weighted by atomic mass is 10.0. The van der Waals surface area contributed by atoms with E-state index < -0.39 is 5.60 Å². The summed E-state index contributed by atoms with van der Waals surface area (Å²) in [6, 6.07) is 5.33. The summed E-state index contributed by atoms with van der Waals surface area (Å²) in [6.07, 6.45) is 2.42. The number of aliphatic imine (C=N–C) groups is 1. The fraction of sp³-hybridized carbons (Fsp3) is 0.400. The number of ether oxygens (including phenoxy) is 1. The van der Waals surface area contributed by atoms with Gasteiger partial charge in [-0.25, -0.2) is 9.79 Å². The fourth-order valence-electron chi connectivity index (χ4n) is 2.90. The Morgan fingerprint density at radius 2 is 2.15 bits per heavy atom. The lowest BCUT2D eigenvalue weighted by molar-refractivity contribution is 0.00694. The van der Waals surface area contributed by atoms with Crippen molar-refractivity contribution in [2.75, 3.05) is 13.6 Å². The van der Waals surface area contributed by atoms with Gasteiger partial charge < -0.3 is 14.7 Å². The number of phenolic OH excluding ortho intramolecular Hbond substituents is 1. The van der Waals surface area contributed by atoms with Gasteiger partial charge in [0.1, 0.15) is 16.4 Å². The number of thiophene rings is 1. The summed E-state index contributed by atoms with van der Waals surface area (Å²) in [7, 11) is 2.07. The van der Waals surface area contributed by atoms with E-state index in [4.69, 9.17) is 4.74 Å². The van der Waals surface area contributed by atoms with Crippen LogP contribution in [0.4, 0.5) is 5.00 Å². The third-order valence-corrected chi connectivity index (χ3v) is 5.94. The Labute approximate surface area is 177 Å². The predicted octanol–water partition coefficient (Wildman–Crippen LogP) is 4.75. The normalized spacial score (nSPS) is 15.1. The zero-order valence-electron chi connectivity index (χ0n) is 15.9. The molecule has 0 saturated carbocycles. The summed E-state index contributed by atoms with van der Waals surface area (Å²) < 4.78 is 6.65. The minimum atomic E-state index is -0.563. The largest absolute Gasteiger partial charge is 0.507 e. The first-order valence-corrected chi connectivity index (χ1v) is 10.6. The van der Waals surface area contributed by atoms with Crippen molar-refractivity contribution in [3.8, 4) is 5.75 Å². The van der Waals surface area contributed by atoms with Crippen LogP contribution in [0.5, 0.6) is 5.75 Å². The summed E-state index contributed by atoms with van der Waals surface area (Å²) >= 11 is 3.72. The van der Waals surface area contributed by atoms with Gasteiger partial charge in [0.25, 0.3) is 0 Å². The van der Waals surface area contributed by atoms with Gasteiger partial charge >= 0.3 is 5.97 Å². The summed E-state index contributed by atoms with van der Waals surface area (Å²) in [4.78, 5) is 20.8. The first-order chi connectivity index (χ1) is 12.6. The van der Waals surface area contributed by atoms with Gasteiger partial charge in [-0.3, -0.25) is 0 Å². The van der Waals surface area contributed by atoms with Gasteiger partial charge in [0, 0.05) is 33.3 Å². The van der Waals surface area contributed by atoms with E-state index in [-0.39, 0.29) is 11.7 Å². The molecular weight excluding hydrogens is 475 g/mol. The average Bonchev–Trinajstić information content (AvgIpc) is 2.91. The third-order valence-electron chi connectivity index (χ3n) is 4.14. The van der Waals surface area contributed by atoms with Gasteiger partial charge in [-0.15, -0.1) is 11.3 Å². The third kappa shape index (κ3) is 4.89. The van der Waals surface area contributed by atoms with Crippen molar-refractivity contribution in [3.63, 3.8) is 0 Å². The van der Waals surface area contributed by atoms with Crippen LogP contribution in [0.3, 0.4) is 0 Å². The molecule has 0 amide bonds. The maximum absolute atomic E-state index is 12.9. The number of carbonyl (C=O) groups is 1. The number of phenols is 1. The van der Waals surface area contributed by atoms with Crippen molar-refractivity contribution in [1.82, 2.24) is 4.90 Å². The highest BCUT2D eigenvalue weighted by molar-refractivity contribution is 14.1. The minimum absolute atomic E-state index is 0.166. The second kappa shape index (κ2) is 7.89. The van der Waals surface area contributed by atoms with Crippen LogP contribution in [0.1, 0.15) is 47.1 Å². The number of nitrogens with zero attached hydrogens (tertiary/aromatic N) is 2. The van der Waals surface area contributed by atoms with Crippen molar-refractivity contribution >= 4 is 51.1 Å². The summed E-state index contributed by atoms with van der Waals surface area (Å²) in [5.74, 6) is -0.164. The van der Waals surface area contributed by atoms with E-state index in [0.29, 0.717) is 16.1 Å². The zero-order valence-corrected chi connectivity index (χ0v) is 18.8. The van der Waals surface area contributed by atoms with Crippen LogP contribution < -0.4 is 0 Å². The van der Waals surface area contributed by atoms with Gasteiger partial charge in [0.2, 0.25) is 0 Å². The molecule has 0 aliphatic carbocycles. The van der Waals surface area contributed by atoms with Crippen LogP contribution in [0.15, 0.2) is 23.2 Å². The SMILES string of the molecule is CN1CCc2c(sc(N=Cc3cc(I)ccc3O)c2C(=O)OC(C)(C)C)C1. The lowest BCUT2D eigenvalue weighted by Gasteiger charge is -2.23. The van der Waals surface area contributed by atoms with Crippen molar-refractivity contribution in [2.45, 2.75) is 39.3 Å². The van der Waals surface area contributed by atoms with Crippen LogP contribution in [0.2, 0.25) is 0 Å². The van der Waals surface area contributed by atoms with Crippen LogP contribution >= 0.6 is 33.9 Å². The Morgan fingerprint density at radius 3 is 2.85 bits per heavy atom. The molecule has 0 spiro atoms. The molecule has 7 heteroatoms. The maximum atomic E-state index is 12.9. The molecule has 1 aromatic heterocycles. The molecule has 1 aromatic carbocycles. The molecule has 1 aliphatic rings. The second-order valence-corrected chi connectivity index (χ2v) is 9.96. The Hall–Kier alpha value is -1.45.